The van der Waals surface area contributed by atoms with Crippen molar-refractivity contribution in [3.63, 3.8) is 0 Å². The van der Waals surface area contributed by atoms with Gasteiger partial charge in [-0.25, -0.2) is 0 Å². The van der Waals surface area contributed by atoms with Crippen LogP contribution >= 0.6 is 0 Å². The smallest absolute Gasteiger partial charge is 0.0439 e. The van der Waals surface area contributed by atoms with Crippen molar-refractivity contribution in [3.05, 3.63) is 34.9 Å². The summed E-state index contributed by atoms with van der Waals surface area (Å²) in [5.41, 5.74) is 4.31. The molecule has 0 amide bonds. The fourth-order valence-corrected chi connectivity index (χ4v) is 3.10. The van der Waals surface area contributed by atoms with Crippen LogP contribution in [0.25, 0.3) is 0 Å². The average Bonchev–Trinajstić information content (AvgIpc) is 2.60. The van der Waals surface area contributed by atoms with Gasteiger partial charge in [-0.15, -0.1) is 0 Å². The minimum absolute atomic E-state index is 0.177. The normalized spacial score (nSPS) is 24.8. The van der Waals surface area contributed by atoms with Crippen molar-refractivity contribution in [2.45, 2.75) is 44.9 Å². The summed E-state index contributed by atoms with van der Waals surface area (Å²) in [6.45, 7) is 6.80. The van der Waals surface area contributed by atoms with Crippen LogP contribution in [0.15, 0.2) is 18.2 Å². The van der Waals surface area contributed by atoms with Crippen LogP contribution in [0.3, 0.4) is 0 Å². The van der Waals surface area contributed by atoms with Crippen molar-refractivity contribution in [3.8, 4) is 0 Å². The highest BCUT2D eigenvalue weighted by molar-refractivity contribution is 5.35. The molecule has 2 nitrogen and oxygen atoms in total. The van der Waals surface area contributed by atoms with Crippen molar-refractivity contribution >= 4 is 0 Å². The molecule has 1 atom stereocenters. The Labute approximate surface area is 110 Å². The van der Waals surface area contributed by atoms with Gasteiger partial charge in [0.25, 0.3) is 0 Å². The summed E-state index contributed by atoms with van der Waals surface area (Å²) in [6, 6.07) is 6.82. The van der Waals surface area contributed by atoms with Crippen molar-refractivity contribution in [2.24, 2.45) is 0 Å². The van der Waals surface area contributed by atoms with Gasteiger partial charge in [0.2, 0.25) is 0 Å². The number of nitrogens with one attached hydrogen (secondary N) is 1. The highest BCUT2D eigenvalue weighted by atomic mass is 16.3. The summed E-state index contributed by atoms with van der Waals surface area (Å²) >= 11 is 0. The lowest BCUT2D eigenvalue weighted by Gasteiger charge is -2.33. The quantitative estimate of drug-likeness (QED) is 0.860. The Balaban J connectivity index is 2.35. The van der Waals surface area contributed by atoms with Crippen molar-refractivity contribution in [2.75, 3.05) is 19.7 Å². The zero-order valence-electron chi connectivity index (χ0n) is 11.6. The van der Waals surface area contributed by atoms with Gasteiger partial charge in [0.15, 0.2) is 0 Å². The van der Waals surface area contributed by atoms with Gasteiger partial charge in [-0.1, -0.05) is 18.2 Å². The molecule has 0 radical (unpaired) electrons. The molecule has 0 saturated carbocycles. The first kappa shape index (κ1) is 13.6. The molecule has 0 spiro atoms. The summed E-state index contributed by atoms with van der Waals surface area (Å²) in [7, 11) is 0. The molecule has 1 saturated heterocycles. The first-order chi connectivity index (χ1) is 8.68. The minimum Gasteiger partial charge on any atom is -0.396 e. The molecule has 1 aliphatic heterocycles. The fraction of sp³-hybridized carbons (Fsp3) is 0.625. The maximum Gasteiger partial charge on any atom is 0.0439 e. The number of hydrogen-bond donors (Lipinski definition) is 2. The number of benzene rings is 1. The molecule has 2 heteroatoms. The Morgan fingerprint density at radius 2 is 2.00 bits per heavy atom. The molecular weight excluding hydrogens is 222 g/mol. The second kappa shape index (κ2) is 5.85. The number of aryl methyl sites for hydroxylation is 2. The van der Waals surface area contributed by atoms with Crippen molar-refractivity contribution < 1.29 is 5.11 Å². The zero-order valence-corrected chi connectivity index (χ0v) is 11.6. The minimum atomic E-state index is 0.177. The van der Waals surface area contributed by atoms with Crippen LogP contribution in [0, 0.1) is 13.8 Å². The predicted octanol–water partition coefficient (Wildman–Crippen LogP) is 2.70. The molecule has 2 N–H and O–H groups in total. The van der Waals surface area contributed by atoms with Gasteiger partial charge in [-0.3, -0.25) is 0 Å². The summed E-state index contributed by atoms with van der Waals surface area (Å²) < 4.78 is 0. The Bertz CT molecular complexity index is 392. The van der Waals surface area contributed by atoms with E-state index in [9.17, 15) is 5.11 Å². The van der Waals surface area contributed by atoms with E-state index in [4.69, 9.17) is 0 Å². The molecular formula is C16H25NO. The van der Waals surface area contributed by atoms with Crippen LogP contribution in [0.5, 0.6) is 0 Å². The fourth-order valence-electron chi connectivity index (χ4n) is 3.10. The van der Waals surface area contributed by atoms with Crippen LogP contribution in [-0.2, 0) is 5.41 Å². The van der Waals surface area contributed by atoms with E-state index >= 15 is 0 Å². The second-order valence-electron chi connectivity index (χ2n) is 5.66. The molecule has 1 heterocycles. The molecule has 100 valence electrons. The van der Waals surface area contributed by atoms with Gasteiger partial charge in [0, 0.05) is 6.61 Å². The maximum atomic E-state index is 9.44. The van der Waals surface area contributed by atoms with Crippen LogP contribution in [0.2, 0.25) is 0 Å². The van der Waals surface area contributed by atoms with Crippen molar-refractivity contribution in [1.82, 2.24) is 5.32 Å². The van der Waals surface area contributed by atoms with Gasteiger partial charge in [0.05, 0.1) is 0 Å². The van der Waals surface area contributed by atoms with Gasteiger partial charge >= 0.3 is 0 Å². The monoisotopic (exact) mass is 247 g/mol. The van der Waals surface area contributed by atoms with E-state index in [-0.39, 0.29) is 12.0 Å². The standard InChI is InChI=1S/C16H25NO/c1-13-4-5-15(12-14(13)2)16(8-11-18)6-3-9-17-10-7-16/h4-5,12,17-18H,3,6-11H2,1-2H3. The molecule has 0 aliphatic carbocycles. The third kappa shape index (κ3) is 2.76. The van der Waals surface area contributed by atoms with Crippen LogP contribution < -0.4 is 5.32 Å². The lowest BCUT2D eigenvalue weighted by Crippen LogP contribution is -2.29. The number of rotatable bonds is 3. The molecule has 1 fully saturated rings. The first-order valence-corrected chi connectivity index (χ1v) is 7.07. The summed E-state index contributed by atoms with van der Waals surface area (Å²) in [4.78, 5) is 0. The molecule has 0 aromatic heterocycles. The van der Waals surface area contributed by atoms with Gasteiger partial charge < -0.3 is 10.4 Å². The molecule has 1 unspecified atom stereocenters. The van der Waals surface area contributed by atoms with E-state index in [0.717, 1.165) is 25.9 Å². The molecule has 18 heavy (non-hydrogen) atoms. The summed E-state index contributed by atoms with van der Waals surface area (Å²) in [5.74, 6) is 0. The third-order valence-electron chi connectivity index (χ3n) is 4.50. The topological polar surface area (TPSA) is 32.3 Å². The molecule has 1 aromatic rings. The van der Waals surface area contributed by atoms with E-state index in [2.05, 4.69) is 37.4 Å². The highest BCUT2D eigenvalue weighted by Crippen LogP contribution is 2.38. The Hall–Kier alpha value is -0.860. The molecule has 2 rings (SSSR count). The summed E-state index contributed by atoms with van der Waals surface area (Å²) in [5, 5.41) is 12.9. The number of aliphatic hydroxyl groups excluding tert-OH is 1. The van der Waals surface area contributed by atoms with E-state index in [1.807, 2.05) is 0 Å². The average molecular weight is 247 g/mol. The number of aliphatic hydroxyl groups is 1. The van der Waals surface area contributed by atoms with Crippen molar-refractivity contribution in [1.29, 1.82) is 0 Å². The second-order valence-corrected chi connectivity index (χ2v) is 5.66. The first-order valence-electron chi connectivity index (χ1n) is 7.07. The maximum absolute atomic E-state index is 9.44. The van der Waals surface area contributed by atoms with E-state index in [1.165, 1.54) is 29.5 Å². The van der Waals surface area contributed by atoms with Crippen LogP contribution in [-0.4, -0.2) is 24.8 Å². The Morgan fingerprint density at radius 3 is 2.72 bits per heavy atom. The Kier molecular flexibility index (Phi) is 4.41. The third-order valence-corrected chi connectivity index (χ3v) is 4.50. The van der Waals surface area contributed by atoms with Gasteiger partial charge in [0.1, 0.15) is 0 Å². The number of hydrogen-bond acceptors (Lipinski definition) is 2. The van der Waals surface area contributed by atoms with Crippen LogP contribution in [0.1, 0.15) is 42.4 Å². The van der Waals surface area contributed by atoms with E-state index in [0.29, 0.717) is 0 Å². The molecule has 1 aromatic carbocycles. The predicted molar refractivity (Wildman–Crippen MR) is 76.0 cm³/mol. The van der Waals surface area contributed by atoms with Gasteiger partial charge in [-0.2, -0.15) is 0 Å². The molecule has 1 aliphatic rings. The zero-order chi connectivity index (χ0) is 13.0. The van der Waals surface area contributed by atoms with Gasteiger partial charge in [-0.05, 0) is 74.7 Å². The molecule has 0 bridgehead atoms. The van der Waals surface area contributed by atoms with E-state index in [1.54, 1.807) is 0 Å². The van der Waals surface area contributed by atoms with Crippen LogP contribution in [0.4, 0.5) is 0 Å². The SMILES string of the molecule is Cc1ccc(C2(CCO)CCCNCC2)cc1C. The van der Waals surface area contributed by atoms with E-state index < -0.39 is 0 Å². The Morgan fingerprint density at radius 1 is 1.17 bits per heavy atom. The lowest BCUT2D eigenvalue weighted by molar-refractivity contribution is 0.224. The lowest BCUT2D eigenvalue weighted by atomic mass is 9.71. The highest BCUT2D eigenvalue weighted by Gasteiger charge is 2.32. The largest absolute Gasteiger partial charge is 0.396 e. The summed E-state index contributed by atoms with van der Waals surface area (Å²) in [6.07, 6.45) is 4.41.